The topological polar surface area (TPSA) is 45.7 Å². The van der Waals surface area contributed by atoms with Crippen molar-refractivity contribution in [2.75, 3.05) is 44.3 Å². The fraction of sp³-hybridized carbons (Fsp3) is 0.680. The van der Waals surface area contributed by atoms with Crippen molar-refractivity contribution in [1.82, 2.24) is 9.88 Å². The third-order valence-electron chi connectivity index (χ3n) is 8.29. The van der Waals surface area contributed by atoms with Crippen molar-refractivity contribution in [2.24, 2.45) is 23.2 Å². The Morgan fingerprint density at radius 1 is 1.16 bits per heavy atom. The van der Waals surface area contributed by atoms with Gasteiger partial charge in [-0.2, -0.15) is 0 Å². The number of carbonyl (C=O) groups excluding carboxylic acids is 1. The minimum atomic E-state index is -0.305. The number of carbonyl (C=O) groups is 1. The van der Waals surface area contributed by atoms with E-state index in [0.29, 0.717) is 34.9 Å². The van der Waals surface area contributed by atoms with Crippen LogP contribution in [0.1, 0.15) is 44.9 Å². The highest BCUT2D eigenvalue weighted by Crippen LogP contribution is 2.60. The summed E-state index contributed by atoms with van der Waals surface area (Å²) >= 11 is 1.46. The van der Waals surface area contributed by atoms with E-state index in [1.807, 2.05) is 11.0 Å². The number of nitrogens with zero attached hydrogens (tertiary/aromatic N) is 3. The van der Waals surface area contributed by atoms with E-state index < -0.39 is 0 Å². The highest BCUT2D eigenvalue weighted by Gasteiger charge is 2.56. The summed E-state index contributed by atoms with van der Waals surface area (Å²) in [5, 5.41) is 0.674. The van der Waals surface area contributed by atoms with E-state index in [4.69, 9.17) is 4.74 Å². The third kappa shape index (κ3) is 3.76. The lowest BCUT2D eigenvalue weighted by molar-refractivity contribution is -0.143. The molecule has 7 heteroatoms. The van der Waals surface area contributed by atoms with Gasteiger partial charge in [-0.1, -0.05) is 17.4 Å². The highest BCUT2D eigenvalue weighted by molar-refractivity contribution is 7.22. The molecule has 4 bridgehead atoms. The number of hydrogen-bond acceptors (Lipinski definition) is 5. The molecular weight excluding hydrogens is 425 g/mol. The van der Waals surface area contributed by atoms with Crippen LogP contribution in [0.2, 0.25) is 0 Å². The lowest BCUT2D eigenvalue weighted by Crippen LogP contribution is -2.55. The normalized spacial score (nSPS) is 32.0. The first-order chi connectivity index (χ1) is 15.6. The first-order valence-electron chi connectivity index (χ1n) is 12.3. The van der Waals surface area contributed by atoms with E-state index in [1.165, 1.54) is 36.7 Å². The van der Waals surface area contributed by atoms with Crippen molar-refractivity contribution >= 4 is 32.6 Å². The van der Waals surface area contributed by atoms with Crippen LogP contribution in [0.15, 0.2) is 18.2 Å². The maximum atomic E-state index is 14.4. The van der Waals surface area contributed by atoms with E-state index >= 15 is 0 Å². The largest absolute Gasteiger partial charge is 0.379 e. The molecule has 0 spiro atoms. The molecule has 2 heterocycles. The number of amides is 1. The maximum Gasteiger partial charge on any atom is 0.235 e. The van der Waals surface area contributed by atoms with Gasteiger partial charge in [-0.3, -0.25) is 14.6 Å². The second kappa shape index (κ2) is 8.33. The molecule has 5 fully saturated rings. The molecule has 5 aliphatic rings. The summed E-state index contributed by atoms with van der Waals surface area (Å²) in [7, 11) is 0. The number of halogens is 1. The van der Waals surface area contributed by atoms with Gasteiger partial charge in [-0.15, -0.1) is 0 Å². The van der Waals surface area contributed by atoms with E-state index in [-0.39, 0.29) is 17.1 Å². The van der Waals surface area contributed by atoms with Crippen LogP contribution in [0.3, 0.4) is 0 Å². The molecule has 7 rings (SSSR count). The number of anilines is 1. The SMILES string of the molecule is O=C(N(CCCN1CCOCC1)c1nc2c(F)cccc2s1)C12CC3CC(CC(C3)C1)C2. The van der Waals surface area contributed by atoms with Gasteiger partial charge >= 0.3 is 0 Å². The summed E-state index contributed by atoms with van der Waals surface area (Å²) in [6, 6.07) is 5.08. The van der Waals surface area contributed by atoms with Gasteiger partial charge < -0.3 is 4.74 Å². The van der Waals surface area contributed by atoms with Gasteiger partial charge in [0, 0.05) is 26.2 Å². The smallest absolute Gasteiger partial charge is 0.235 e. The van der Waals surface area contributed by atoms with Crippen molar-refractivity contribution < 1.29 is 13.9 Å². The zero-order chi connectivity index (χ0) is 21.7. The molecular formula is C25H32FN3O2S. The molecule has 1 aliphatic heterocycles. The quantitative estimate of drug-likeness (QED) is 0.630. The van der Waals surface area contributed by atoms with Crippen molar-refractivity contribution in [1.29, 1.82) is 0 Å². The van der Waals surface area contributed by atoms with E-state index in [9.17, 15) is 9.18 Å². The summed E-state index contributed by atoms with van der Waals surface area (Å²) in [5.41, 5.74) is 0.174. The molecule has 1 aromatic carbocycles. The maximum absolute atomic E-state index is 14.4. The van der Waals surface area contributed by atoms with Crippen LogP contribution in [-0.4, -0.2) is 55.2 Å². The van der Waals surface area contributed by atoms with Crippen molar-refractivity contribution in [3.8, 4) is 0 Å². The minimum absolute atomic E-state index is 0.218. The minimum Gasteiger partial charge on any atom is -0.379 e. The molecule has 0 N–H and O–H groups in total. The van der Waals surface area contributed by atoms with E-state index in [2.05, 4.69) is 9.88 Å². The Labute approximate surface area is 192 Å². The van der Waals surface area contributed by atoms with Gasteiger partial charge in [-0.05, 0) is 74.8 Å². The number of aromatic nitrogens is 1. The molecule has 32 heavy (non-hydrogen) atoms. The third-order valence-corrected chi connectivity index (χ3v) is 9.33. The Balaban J connectivity index is 1.28. The fourth-order valence-corrected chi connectivity index (χ4v) is 8.24. The number of rotatable bonds is 6. The molecule has 2 aromatic rings. The highest BCUT2D eigenvalue weighted by atomic mass is 32.1. The fourth-order valence-electron chi connectivity index (χ4n) is 7.24. The average molecular weight is 458 g/mol. The average Bonchev–Trinajstić information content (AvgIpc) is 3.21. The van der Waals surface area contributed by atoms with Crippen LogP contribution in [-0.2, 0) is 9.53 Å². The van der Waals surface area contributed by atoms with Crippen LogP contribution >= 0.6 is 11.3 Å². The van der Waals surface area contributed by atoms with Gasteiger partial charge in [-0.25, -0.2) is 9.37 Å². The number of ether oxygens (including phenoxy) is 1. The second-order valence-electron chi connectivity index (χ2n) is 10.5. The molecule has 5 nitrogen and oxygen atoms in total. The summed E-state index contributed by atoms with van der Waals surface area (Å²) in [4.78, 5) is 23.2. The van der Waals surface area contributed by atoms with Crippen LogP contribution in [0.25, 0.3) is 10.2 Å². The predicted molar refractivity (Wildman–Crippen MR) is 124 cm³/mol. The van der Waals surface area contributed by atoms with Gasteiger partial charge in [0.15, 0.2) is 5.13 Å². The van der Waals surface area contributed by atoms with Crippen LogP contribution in [0.5, 0.6) is 0 Å². The van der Waals surface area contributed by atoms with Crippen molar-refractivity contribution in [3.05, 3.63) is 24.0 Å². The number of para-hydroxylation sites is 1. The van der Waals surface area contributed by atoms with Crippen LogP contribution in [0.4, 0.5) is 9.52 Å². The molecule has 4 saturated carbocycles. The second-order valence-corrected chi connectivity index (χ2v) is 11.6. The van der Waals surface area contributed by atoms with E-state index in [0.717, 1.165) is 63.2 Å². The zero-order valence-corrected chi connectivity index (χ0v) is 19.4. The monoisotopic (exact) mass is 457 g/mol. The molecule has 0 atom stereocenters. The van der Waals surface area contributed by atoms with Crippen molar-refractivity contribution in [3.63, 3.8) is 0 Å². The number of fused-ring (bicyclic) bond motifs is 1. The van der Waals surface area contributed by atoms with Crippen LogP contribution < -0.4 is 4.90 Å². The van der Waals surface area contributed by atoms with Gasteiger partial charge in [0.2, 0.25) is 5.91 Å². The molecule has 1 amide bonds. The Hall–Kier alpha value is -1.57. The molecule has 1 saturated heterocycles. The number of benzene rings is 1. The summed E-state index contributed by atoms with van der Waals surface area (Å²) in [6.07, 6.45) is 7.96. The zero-order valence-electron chi connectivity index (χ0n) is 18.6. The Morgan fingerprint density at radius 3 is 2.50 bits per heavy atom. The summed E-state index contributed by atoms with van der Waals surface area (Å²) in [6.45, 7) is 5.08. The number of hydrogen-bond donors (Lipinski definition) is 0. The Kier molecular flexibility index (Phi) is 5.47. The Morgan fingerprint density at radius 2 is 1.84 bits per heavy atom. The number of thiazole rings is 1. The number of morpholine rings is 1. The molecule has 0 unspecified atom stereocenters. The predicted octanol–water partition coefficient (Wildman–Crippen LogP) is 4.71. The molecule has 172 valence electrons. The standard InChI is InChI=1S/C25H32FN3O2S/c26-20-3-1-4-21-22(20)27-24(32-21)29(6-2-5-28-7-9-31-10-8-28)23(30)25-14-17-11-18(15-25)13-19(12-17)16-25/h1,3-4,17-19H,2,5-16H2. The van der Waals surface area contributed by atoms with Crippen molar-refractivity contribution in [2.45, 2.75) is 44.9 Å². The van der Waals surface area contributed by atoms with Crippen LogP contribution in [0, 0.1) is 29.0 Å². The van der Waals surface area contributed by atoms with Gasteiger partial charge in [0.25, 0.3) is 0 Å². The first kappa shape index (κ1) is 21.0. The summed E-state index contributed by atoms with van der Waals surface area (Å²) < 4.78 is 20.7. The lowest BCUT2D eigenvalue weighted by atomic mass is 9.49. The Bertz CT molecular complexity index is 967. The van der Waals surface area contributed by atoms with E-state index in [1.54, 1.807) is 6.07 Å². The van der Waals surface area contributed by atoms with Gasteiger partial charge in [0.05, 0.1) is 23.3 Å². The molecule has 1 aromatic heterocycles. The van der Waals surface area contributed by atoms with Gasteiger partial charge in [0.1, 0.15) is 11.3 Å². The first-order valence-corrected chi connectivity index (χ1v) is 13.1. The molecule has 4 aliphatic carbocycles. The lowest BCUT2D eigenvalue weighted by Gasteiger charge is -2.56. The molecule has 0 radical (unpaired) electrons. The summed E-state index contributed by atoms with van der Waals surface area (Å²) in [5.74, 6) is 2.10.